The SMILES string of the molecule is CCCCN(C=Nc1[nH]c(=O)nc2c1ncn2[C@H]1C[C@H](O)[C@@H](CO)O1)CCCC. The van der Waals surface area contributed by atoms with Crippen LogP contribution < -0.4 is 5.69 Å². The van der Waals surface area contributed by atoms with E-state index in [0.29, 0.717) is 17.0 Å². The summed E-state index contributed by atoms with van der Waals surface area (Å²) in [7, 11) is 0. The molecule has 1 saturated heterocycles. The standard InChI is InChI=1S/C19H30N6O4/c1-3-5-7-24(8-6-4-2)11-21-17-16-18(23-19(28)22-17)25(12-20-16)15-9-13(27)14(10-26)29-15/h11-15,26-27H,3-10H2,1-2H3,(H,22,23,28)/t13-,14+,15+/m0/s1. The Morgan fingerprint density at radius 1 is 1.38 bits per heavy atom. The number of unbranched alkanes of at least 4 members (excludes halogenated alkanes) is 2. The van der Waals surface area contributed by atoms with Gasteiger partial charge in [0.05, 0.1) is 25.4 Å². The van der Waals surface area contributed by atoms with Gasteiger partial charge in [0.2, 0.25) is 0 Å². The number of aliphatic hydroxyl groups is 2. The zero-order chi connectivity index (χ0) is 20.8. The summed E-state index contributed by atoms with van der Waals surface area (Å²) in [6.07, 6.45) is 5.89. The van der Waals surface area contributed by atoms with E-state index in [4.69, 9.17) is 4.74 Å². The van der Waals surface area contributed by atoms with E-state index in [-0.39, 0.29) is 13.0 Å². The van der Waals surface area contributed by atoms with Crippen LogP contribution in [0.4, 0.5) is 5.82 Å². The van der Waals surface area contributed by atoms with Crippen LogP contribution in [-0.4, -0.2) is 72.9 Å². The Morgan fingerprint density at radius 3 is 2.72 bits per heavy atom. The number of aliphatic hydroxyl groups excluding tert-OH is 2. The molecule has 3 atom stereocenters. The lowest BCUT2D eigenvalue weighted by molar-refractivity contribution is -0.0432. The third-order valence-corrected chi connectivity index (χ3v) is 5.07. The summed E-state index contributed by atoms with van der Waals surface area (Å²) in [4.78, 5) is 29.8. The summed E-state index contributed by atoms with van der Waals surface area (Å²) < 4.78 is 7.27. The molecule has 10 heteroatoms. The molecule has 0 unspecified atom stereocenters. The highest BCUT2D eigenvalue weighted by Gasteiger charge is 2.35. The number of hydrogen-bond acceptors (Lipinski definition) is 7. The number of imidazole rings is 1. The molecule has 0 bridgehead atoms. The smallest absolute Gasteiger partial charge is 0.348 e. The zero-order valence-corrected chi connectivity index (χ0v) is 17.0. The van der Waals surface area contributed by atoms with Crippen LogP contribution in [0.5, 0.6) is 0 Å². The van der Waals surface area contributed by atoms with Gasteiger partial charge in [0, 0.05) is 19.5 Å². The van der Waals surface area contributed by atoms with Gasteiger partial charge in [-0.3, -0.25) is 9.55 Å². The minimum Gasteiger partial charge on any atom is -0.394 e. The Bertz CT molecular complexity index is 871. The van der Waals surface area contributed by atoms with Gasteiger partial charge in [-0.2, -0.15) is 4.98 Å². The van der Waals surface area contributed by atoms with Crippen LogP contribution in [0.15, 0.2) is 16.1 Å². The van der Waals surface area contributed by atoms with E-state index in [9.17, 15) is 15.0 Å². The van der Waals surface area contributed by atoms with Crippen molar-refractivity contribution in [3.05, 3.63) is 16.8 Å². The number of fused-ring (bicyclic) bond motifs is 1. The first kappa shape index (κ1) is 21.4. The van der Waals surface area contributed by atoms with Gasteiger partial charge in [-0.05, 0) is 12.8 Å². The first-order valence-electron chi connectivity index (χ1n) is 10.3. The van der Waals surface area contributed by atoms with E-state index in [2.05, 4.69) is 38.7 Å². The molecule has 0 saturated carbocycles. The number of aromatic nitrogens is 4. The Hall–Kier alpha value is -2.30. The molecule has 160 valence electrons. The number of aliphatic imine (C=N–C) groups is 1. The summed E-state index contributed by atoms with van der Waals surface area (Å²) in [6.45, 7) is 5.83. The van der Waals surface area contributed by atoms with Crippen molar-refractivity contribution in [1.29, 1.82) is 0 Å². The average molecular weight is 406 g/mol. The second-order valence-corrected chi connectivity index (χ2v) is 7.32. The maximum atomic E-state index is 12.1. The minimum atomic E-state index is -0.785. The van der Waals surface area contributed by atoms with Gasteiger partial charge >= 0.3 is 5.69 Å². The molecule has 29 heavy (non-hydrogen) atoms. The first-order chi connectivity index (χ1) is 14.1. The van der Waals surface area contributed by atoms with Crippen molar-refractivity contribution in [2.45, 2.75) is 64.4 Å². The molecule has 2 aromatic rings. The second kappa shape index (κ2) is 9.95. The molecule has 1 fully saturated rings. The Kier molecular flexibility index (Phi) is 7.34. The van der Waals surface area contributed by atoms with Crippen LogP contribution in [0, 0.1) is 0 Å². The van der Waals surface area contributed by atoms with E-state index in [0.717, 1.165) is 38.8 Å². The van der Waals surface area contributed by atoms with Crippen molar-refractivity contribution in [2.24, 2.45) is 4.99 Å². The summed E-state index contributed by atoms with van der Waals surface area (Å²) >= 11 is 0. The molecule has 0 amide bonds. The normalized spacial score (nSPS) is 22.1. The maximum Gasteiger partial charge on any atom is 0.348 e. The molecule has 10 nitrogen and oxygen atoms in total. The first-order valence-corrected chi connectivity index (χ1v) is 10.3. The average Bonchev–Trinajstić information content (AvgIpc) is 3.30. The molecule has 0 aliphatic carbocycles. The molecule has 3 rings (SSSR count). The molecule has 1 aliphatic heterocycles. The highest BCUT2D eigenvalue weighted by atomic mass is 16.5. The number of aromatic amines is 1. The number of hydrogen-bond donors (Lipinski definition) is 3. The van der Waals surface area contributed by atoms with Crippen molar-refractivity contribution in [3.63, 3.8) is 0 Å². The van der Waals surface area contributed by atoms with Crippen LogP contribution in [-0.2, 0) is 4.74 Å². The van der Waals surface area contributed by atoms with Crippen LogP contribution >= 0.6 is 0 Å². The number of ether oxygens (including phenoxy) is 1. The summed E-state index contributed by atoms with van der Waals surface area (Å²) in [6, 6.07) is 0. The predicted molar refractivity (Wildman–Crippen MR) is 109 cm³/mol. The Balaban J connectivity index is 1.87. The van der Waals surface area contributed by atoms with E-state index in [1.54, 1.807) is 10.9 Å². The molecule has 0 aromatic carbocycles. The Morgan fingerprint density at radius 2 is 2.10 bits per heavy atom. The molecule has 0 radical (unpaired) electrons. The fraction of sp³-hybridized carbons (Fsp3) is 0.684. The van der Waals surface area contributed by atoms with Crippen LogP contribution in [0.25, 0.3) is 11.2 Å². The van der Waals surface area contributed by atoms with Crippen molar-refractivity contribution in [1.82, 2.24) is 24.4 Å². The third-order valence-electron chi connectivity index (χ3n) is 5.07. The van der Waals surface area contributed by atoms with Gasteiger partial charge in [-0.25, -0.2) is 14.8 Å². The van der Waals surface area contributed by atoms with Crippen LogP contribution in [0.2, 0.25) is 0 Å². The lowest BCUT2D eigenvalue weighted by Gasteiger charge is -2.18. The highest BCUT2D eigenvalue weighted by Crippen LogP contribution is 2.31. The number of rotatable bonds is 10. The van der Waals surface area contributed by atoms with Crippen LogP contribution in [0.3, 0.4) is 0 Å². The quantitative estimate of drug-likeness (QED) is 0.401. The van der Waals surface area contributed by atoms with E-state index >= 15 is 0 Å². The van der Waals surface area contributed by atoms with Crippen molar-refractivity contribution >= 4 is 23.3 Å². The number of nitrogens with zero attached hydrogens (tertiary/aromatic N) is 5. The largest absolute Gasteiger partial charge is 0.394 e. The topological polar surface area (TPSA) is 129 Å². The van der Waals surface area contributed by atoms with Crippen molar-refractivity contribution in [3.8, 4) is 0 Å². The van der Waals surface area contributed by atoms with Crippen molar-refractivity contribution < 1.29 is 14.9 Å². The third kappa shape index (κ3) is 5.01. The van der Waals surface area contributed by atoms with Gasteiger partial charge in [0.25, 0.3) is 0 Å². The van der Waals surface area contributed by atoms with E-state index < -0.39 is 24.1 Å². The Labute approximate surface area is 169 Å². The zero-order valence-electron chi connectivity index (χ0n) is 17.0. The lowest BCUT2D eigenvalue weighted by Crippen LogP contribution is -2.24. The van der Waals surface area contributed by atoms with E-state index in [1.807, 2.05) is 0 Å². The molecule has 0 spiro atoms. The fourth-order valence-electron chi connectivity index (χ4n) is 3.36. The molecule has 1 aliphatic rings. The number of nitrogens with one attached hydrogen (secondary N) is 1. The van der Waals surface area contributed by atoms with Gasteiger partial charge in [0.1, 0.15) is 12.3 Å². The van der Waals surface area contributed by atoms with Gasteiger partial charge in [-0.15, -0.1) is 0 Å². The monoisotopic (exact) mass is 406 g/mol. The van der Waals surface area contributed by atoms with Crippen LogP contribution in [0.1, 0.15) is 52.2 Å². The molecule has 3 heterocycles. The van der Waals surface area contributed by atoms with Gasteiger partial charge in [0.15, 0.2) is 17.0 Å². The van der Waals surface area contributed by atoms with Gasteiger partial charge < -0.3 is 19.8 Å². The number of H-pyrrole nitrogens is 1. The summed E-state index contributed by atoms with van der Waals surface area (Å²) in [5.41, 5.74) is 0.264. The predicted octanol–water partition coefficient (Wildman–Crippen LogP) is 1.32. The highest BCUT2D eigenvalue weighted by molar-refractivity contribution is 5.82. The molecule has 3 N–H and O–H groups in total. The minimum absolute atomic E-state index is 0.279. The summed E-state index contributed by atoms with van der Waals surface area (Å²) in [5.74, 6) is 0.342. The van der Waals surface area contributed by atoms with E-state index in [1.165, 1.54) is 6.33 Å². The van der Waals surface area contributed by atoms with Crippen molar-refractivity contribution in [2.75, 3.05) is 19.7 Å². The molecule has 2 aromatic heterocycles. The lowest BCUT2D eigenvalue weighted by atomic mass is 10.2. The fourth-order valence-corrected chi connectivity index (χ4v) is 3.36. The summed E-state index contributed by atoms with van der Waals surface area (Å²) in [5, 5.41) is 19.3. The molecular weight excluding hydrogens is 376 g/mol. The second-order valence-electron chi connectivity index (χ2n) is 7.32. The maximum absolute atomic E-state index is 12.1. The van der Waals surface area contributed by atoms with Gasteiger partial charge in [-0.1, -0.05) is 26.7 Å². The molecular formula is C19H30N6O4.